The summed E-state index contributed by atoms with van der Waals surface area (Å²) in [5.41, 5.74) is 1.06. The maximum absolute atomic E-state index is 12.3. The van der Waals surface area contributed by atoms with Crippen molar-refractivity contribution in [2.75, 3.05) is 0 Å². The van der Waals surface area contributed by atoms with Gasteiger partial charge in [-0.05, 0) is 80.8 Å². The summed E-state index contributed by atoms with van der Waals surface area (Å²) < 4.78 is 0. The predicted octanol–water partition coefficient (Wildman–Crippen LogP) is 4.00. The van der Waals surface area contributed by atoms with Gasteiger partial charge in [0.15, 0.2) is 11.6 Å². The first-order valence-corrected chi connectivity index (χ1v) is 9.81. The molecule has 0 amide bonds. The molecule has 136 valence electrons. The number of hydrogen-bond acceptors (Lipinski definition) is 3. The van der Waals surface area contributed by atoms with Gasteiger partial charge in [0.25, 0.3) is 0 Å². The van der Waals surface area contributed by atoms with Gasteiger partial charge in [-0.1, -0.05) is 25.5 Å². The fourth-order valence-corrected chi connectivity index (χ4v) is 7.01. The molecule has 0 radical (unpaired) electrons. The monoisotopic (exact) mass is 342 g/mol. The van der Waals surface area contributed by atoms with Crippen molar-refractivity contribution < 1.29 is 14.7 Å². The Kier molecular flexibility index (Phi) is 3.55. The molecule has 3 nitrogen and oxygen atoms in total. The van der Waals surface area contributed by atoms with Gasteiger partial charge in [-0.25, -0.2) is 0 Å². The lowest BCUT2D eigenvalue weighted by atomic mass is 9.47. The van der Waals surface area contributed by atoms with Crippen LogP contribution in [0.25, 0.3) is 0 Å². The van der Waals surface area contributed by atoms with Crippen LogP contribution in [0.4, 0.5) is 0 Å². The number of aliphatic hydroxyl groups is 1. The van der Waals surface area contributed by atoms with E-state index in [0.717, 1.165) is 25.7 Å². The van der Waals surface area contributed by atoms with Gasteiger partial charge >= 0.3 is 0 Å². The van der Waals surface area contributed by atoms with Crippen molar-refractivity contribution in [1.82, 2.24) is 0 Å². The van der Waals surface area contributed by atoms with E-state index in [-0.39, 0.29) is 22.4 Å². The summed E-state index contributed by atoms with van der Waals surface area (Å²) >= 11 is 0. The lowest BCUT2D eigenvalue weighted by Crippen LogP contribution is -2.56. The van der Waals surface area contributed by atoms with Crippen LogP contribution in [0.2, 0.25) is 0 Å². The topological polar surface area (TPSA) is 54.4 Å². The third-order valence-electron chi connectivity index (χ3n) is 8.56. The van der Waals surface area contributed by atoms with Crippen LogP contribution in [0.3, 0.4) is 0 Å². The number of fused-ring (bicyclic) bond motifs is 5. The van der Waals surface area contributed by atoms with Gasteiger partial charge in [0.2, 0.25) is 0 Å². The Morgan fingerprint density at radius 3 is 2.52 bits per heavy atom. The van der Waals surface area contributed by atoms with E-state index in [2.05, 4.69) is 26.8 Å². The zero-order valence-corrected chi connectivity index (χ0v) is 15.9. The smallest absolute Gasteiger partial charge is 0.161 e. The molecule has 0 aromatic carbocycles. The Morgan fingerprint density at radius 1 is 1.16 bits per heavy atom. The van der Waals surface area contributed by atoms with E-state index >= 15 is 0 Å². The number of ketones is 2. The van der Waals surface area contributed by atoms with Crippen LogP contribution in [0.5, 0.6) is 0 Å². The number of allylic oxidation sites excluding steroid dienone is 4. The minimum atomic E-state index is -1.16. The zero-order chi connectivity index (χ0) is 18.2. The molecule has 3 heteroatoms. The molecule has 2 fully saturated rings. The van der Waals surface area contributed by atoms with Crippen LogP contribution < -0.4 is 0 Å². The van der Waals surface area contributed by atoms with E-state index < -0.39 is 5.60 Å². The molecule has 0 aliphatic heterocycles. The van der Waals surface area contributed by atoms with Crippen molar-refractivity contribution in [2.45, 2.75) is 71.8 Å². The summed E-state index contributed by atoms with van der Waals surface area (Å²) in [5, 5.41) is 11.2. The lowest BCUT2D eigenvalue weighted by molar-refractivity contribution is -0.156. The van der Waals surface area contributed by atoms with Gasteiger partial charge in [0.1, 0.15) is 5.60 Å². The molecule has 0 heterocycles. The first kappa shape index (κ1) is 17.2. The molecule has 0 aromatic rings. The summed E-state index contributed by atoms with van der Waals surface area (Å²) in [6.07, 6.45) is 9.28. The first-order valence-electron chi connectivity index (χ1n) is 9.81. The Morgan fingerprint density at radius 2 is 1.84 bits per heavy atom. The third kappa shape index (κ3) is 2.02. The molecule has 0 bridgehead atoms. The largest absolute Gasteiger partial charge is 0.382 e. The lowest BCUT2D eigenvalue weighted by Gasteiger charge is -2.57. The van der Waals surface area contributed by atoms with E-state index in [0.29, 0.717) is 30.6 Å². The van der Waals surface area contributed by atoms with Crippen LogP contribution in [-0.2, 0) is 9.59 Å². The zero-order valence-electron chi connectivity index (χ0n) is 15.9. The second kappa shape index (κ2) is 5.16. The minimum Gasteiger partial charge on any atom is -0.382 e. The molecule has 2 saturated carbocycles. The summed E-state index contributed by atoms with van der Waals surface area (Å²) in [6.45, 7) is 8.17. The molecule has 1 N–H and O–H groups in total. The molecule has 0 spiro atoms. The normalized spacial score (nSPS) is 48.8. The van der Waals surface area contributed by atoms with Gasteiger partial charge in [0.05, 0.1) is 0 Å². The van der Waals surface area contributed by atoms with Gasteiger partial charge in [-0.15, -0.1) is 0 Å². The second-order valence-corrected chi connectivity index (χ2v) is 9.49. The van der Waals surface area contributed by atoms with Crippen LogP contribution >= 0.6 is 0 Å². The Bertz CT molecular complexity index is 717. The number of hydrogen-bond donors (Lipinski definition) is 1. The van der Waals surface area contributed by atoms with Crippen LogP contribution in [-0.4, -0.2) is 22.3 Å². The van der Waals surface area contributed by atoms with Crippen molar-refractivity contribution >= 4 is 11.6 Å². The molecule has 0 saturated heterocycles. The molecule has 4 aliphatic rings. The first-order chi connectivity index (χ1) is 11.6. The van der Waals surface area contributed by atoms with Crippen LogP contribution in [0.1, 0.15) is 66.2 Å². The fraction of sp³-hybridized carbons (Fsp3) is 0.727. The SMILES string of the molecule is CC(=O)C1(O)CCC2C3C=C(C)C4=CC(=O)CCC4(C)C3CCC21C. The molecular formula is C22H30O3. The van der Waals surface area contributed by atoms with Crippen molar-refractivity contribution in [2.24, 2.45) is 28.6 Å². The van der Waals surface area contributed by atoms with Gasteiger partial charge in [0, 0.05) is 11.8 Å². The highest BCUT2D eigenvalue weighted by Crippen LogP contribution is 2.67. The number of rotatable bonds is 1. The minimum absolute atomic E-state index is 0.0651. The van der Waals surface area contributed by atoms with E-state index in [1.54, 1.807) is 6.92 Å². The Balaban J connectivity index is 1.80. The van der Waals surface area contributed by atoms with Gasteiger partial charge < -0.3 is 5.11 Å². The Labute approximate surface area is 150 Å². The number of carbonyl (C=O) groups is 2. The van der Waals surface area contributed by atoms with Gasteiger partial charge in [-0.2, -0.15) is 0 Å². The number of carbonyl (C=O) groups excluding carboxylic acids is 2. The predicted molar refractivity (Wildman–Crippen MR) is 96.9 cm³/mol. The van der Waals surface area contributed by atoms with Crippen LogP contribution in [0, 0.1) is 28.6 Å². The average molecular weight is 342 g/mol. The molecule has 6 unspecified atom stereocenters. The third-order valence-corrected chi connectivity index (χ3v) is 8.56. The molecule has 4 rings (SSSR count). The Hall–Kier alpha value is -1.22. The highest BCUT2D eigenvalue weighted by molar-refractivity contribution is 5.92. The maximum atomic E-state index is 12.3. The van der Waals surface area contributed by atoms with Crippen LogP contribution in [0.15, 0.2) is 23.3 Å². The van der Waals surface area contributed by atoms with E-state index in [9.17, 15) is 14.7 Å². The summed E-state index contributed by atoms with van der Waals surface area (Å²) in [7, 11) is 0. The van der Waals surface area contributed by atoms with E-state index in [1.807, 2.05) is 6.08 Å². The average Bonchev–Trinajstić information content (AvgIpc) is 2.83. The fourth-order valence-electron chi connectivity index (χ4n) is 7.01. The molecule has 0 aromatic heterocycles. The highest BCUT2D eigenvalue weighted by Gasteiger charge is 2.65. The quantitative estimate of drug-likeness (QED) is 0.783. The molecular weight excluding hydrogens is 312 g/mol. The summed E-state index contributed by atoms with van der Waals surface area (Å²) in [4.78, 5) is 24.3. The molecule has 6 atom stereocenters. The molecule has 4 aliphatic carbocycles. The maximum Gasteiger partial charge on any atom is 0.161 e. The van der Waals surface area contributed by atoms with Crippen molar-refractivity contribution in [1.29, 1.82) is 0 Å². The second-order valence-electron chi connectivity index (χ2n) is 9.49. The summed E-state index contributed by atoms with van der Waals surface area (Å²) in [6, 6.07) is 0. The highest BCUT2D eigenvalue weighted by atomic mass is 16.3. The van der Waals surface area contributed by atoms with E-state index in [4.69, 9.17) is 0 Å². The standard InChI is InChI=1S/C22H30O3/c1-13-11-16-17(20(3)8-5-15(24)12-19(13)20)6-9-21(4)18(16)7-10-22(21,25)14(2)23/h11-12,16-18,25H,5-10H2,1-4H3. The number of Topliss-reactive ketones (excluding diaryl/α,β-unsaturated/α-hetero) is 1. The van der Waals surface area contributed by atoms with E-state index in [1.165, 1.54) is 11.1 Å². The van der Waals surface area contributed by atoms with Crippen molar-refractivity contribution in [3.8, 4) is 0 Å². The van der Waals surface area contributed by atoms with Crippen molar-refractivity contribution in [3.05, 3.63) is 23.3 Å². The van der Waals surface area contributed by atoms with Crippen molar-refractivity contribution in [3.63, 3.8) is 0 Å². The molecule has 25 heavy (non-hydrogen) atoms. The van der Waals surface area contributed by atoms with Gasteiger partial charge in [-0.3, -0.25) is 9.59 Å². The summed E-state index contributed by atoms with van der Waals surface area (Å²) in [5.74, 6) is 1.46.